The number of aryl methyl sites for hydroxylation is 1. The van der Waals surface area contributed by atoms with Crippen LogP contribution in [-0.4, -0.2) is 18.2 Å². The summed E-state index contributed by atoms with van der Waals surface area (Å²) in [7, 11) is 0. The Bertz CT molecular complexity index is 476. The lowest BCUT2D eigenvalue weighted by atomic mass is 9.96. The fourth-order valence-corrected chi connectivity index (χ4v) is 2.75. The van der Waals surface area contributed by atoms with Crippen molar-refractivity contribution in [3.63, 3.8) is 0 Å². The summed E-state index contributed by atoms with van der Waals surface area (Å²) in [5, 5.41) is 3.36. The molecule has 0 bridgehead atoms. The third-order valence-corrected chi connectivity index (χ3v) is 3.76. The van der Waals surface area contributed by atoms with Crippen molar-refractivity contribution in [1.82, 2.24) is 5.32 Å². The van der Waals surface area contributed by atoms with Gasteiger partial charge in [-0.25, -0.2) is 8.78 Å². The Kier molecular flexibility index (Phi) is 4.76. The minimum atomic E-state index is -0.505. The van der Waals surface area contributed by atoms with E-state index in [4.69, 9.17) is 4.74 Å². The third kappa shape index (κ3) is 3.36. The predicted octanol–water partition coefficient (Wildman–Crippen LogP) is 3.88. The van der Waals surface area contributed by atoms with Gasteiger partial charge in [-0.1, -0.05) is 13.8 Å². The summed E-state index contributed by atoms with van der Waals surface area (Å²) in [6.07, 6.45) is 2.00. The molecule has 0 aromatic heterocycles. The van der Waals surface area contributed by atoms with Gasteiger partial charge in [0, 0.05) is 17.7 Å². The second-order valence-electron chi connectivity index (χ2n) is 5.98. The highest BCUT2D eigenvalue weighted by Crippen LogP contribution is 2.32. The van der Waals surface area contributed by atoms with E-state index in [-0.39, 0.29) is 24.3 Å². The van der Waals surface area contributed by atoms with Crippen LogP contribution in [0.25, 0.3) is 0 Å². The van der Waals surface area contributed by atoms with Crippen molar-refractivity contribution in [1.29, 1.82) is 0 Å². The van der Waals surface area contributed by atoms with Gasteiger partial charge in [-0.15, -0.1) is 0 Å². The number of nitrogens with one attached hydrogen (secondary N) is 1. The summed E-state index contributed by atoms with van der Waals surface area (Å²) in [6.45, 7) is 7.71. The van der Waals surface area contributed by atoms with Gasteiger partial charge in [0.25, 0.3) is 0 Å². The van der Waals surface area contributed by atoms with Crippen molar-refractivity contribution >= 4 is 0 Å². The van der Waals surface area contributed by atoms with Crippen molar-refractivity contribution in [2.24, 2.45) is 0 Å². The highest BCUT2D eigenvalue weighted by atomic mass is 19.1. The van der Waals surface area contributed by atoms with Crippen molar-refractivity contribution in [2.75, 3.05) is 0 Å². The van der Waals surface area contributed by atoms with Gasteiger partial charge in [-0.2, -0.15) is 0 Å². The molecule has 0 radical (unpaired) electrons. The third-order valence-electron chi connectivity index (χ3n) is 3.76. The Morgan fingerprint density at radius 3 is 2.45 bits per heavy atom. The van der Waals surface area contributed by atoms with Gasteiger partial charge in [0.15, 0.2) is 0 Å². The smallest absolute Gasteiger partial charge is 0.131 e. The van der Waals surface area contributed by atoms with Gasteiger partial charge in [-0.05, 0) is 38.3 Å². The number of rotatable bonds is 4. The Labute approximate surface area is 119 Å². The maximum Gasteiger partial charge on any atom is 0.131 e. The van der Waals surface area contributed by atoms with Crippen LogP contribution in [0.2, 0.25) is 0 Å². The summed E-state index contributed by atoms with van der Waals surface area (Å²) in [4.78, 5) is 0. The van der Waals surface area contributed by atoms with Crippen molar-refractivity contribution < 1.29 is 13.5 Å². The first-order valence-corrected chi connectivity index (χ1v) is 7.25. The van der Waals surface area contributed by atoms with Crippen LogP contribution in [0, 0.1) is 18.6 Å². The van der Waals surface area contributed by atoms with Crippen LogP contribution < -0.4 is 5.32 Å². The first-order chi connectivity index (χ1) is 9.38. The Morgan fingerprint density at radius 2 is 1.90 bits per heavy atom. The fraction of sp³-hybridized carbons (Fsp3) is 0.625. The highest BCUT2D eigenvalue weighted by Gasteiger charge is 2.32. The number of halogens is 2. The second-order valence-corrected chi connectivity index (χ2v) is 5.98. The van der Waals surface area contributed by atoms with Gasteiger partial charge < -0.3 is 10.1 Å². The van der Waals surface area contributed by atoms with E-state index in [0.717, 1.165) is 18.9 Å². The molecule has 1 aliphatic heterocycles. The van der Waals surface area contributed by atoms with Gasteiger partial charge in [0.2, 0.25) is 0 Å². The zero-order valence-electron chi connectivity index (χ0n) is 12.5. The van der Waals surface area contributed by atoms with E-state index in [9.17, 15) is 8.78 Å². The van der Waals surface area contributed by atoms with E-state index in [2.05, 4.69) is 5.32 Å². The monoisotopic (exact) mass is 283 g/mol. The lowest BCUT2D eigenvalue weighted by Crippen LogP contribution is -2.37. The largest absolute Gasteiger partial charge is 0.373 e. The SMILES string of the molecule is Cc1cc(C(NC(C)C)C2CCC(C)O2)c(F)cc1F. The summed E-state index contributed by atoms with van der Waals surface area (Å²) in [6, 6.07) is 2.53. The minimum absolute atomic E-state index is 0.0632. The molecule has 20 heavy (non-hydrogen) atoms. The van der Waals surface area contributed by atoms with Gasteiger partial charge in [-0.3, -0.25) is 0 Å². The molecule has 3 unspecified atom stereocenters. The first-order valence-electron chi connectivity index (χ1n) is 7.25. The Morgan fingerprint density at radius 1 is 1.20 bits per heavy atom. The lowest BCUT2D eigenvalue weighted by Gasteiger charge is -2.28. The van der Waals surface area contributed by atoms with Crippen LogP contribution in [0.5, 0.6) is 0 Å². The zero-order valence-corrected chi connectivity index (χ0v) is 12.5. The molecule has 4 heteroatoms. The van der Waals surface area contributed by atoms with Crippen LogP contribution in [0.15, 0.2) is 12.1 Å². The average Bonchev–Trinajstić information content (AvgIpc) is 2.77. The topological polar surface area (TPSA) is 21.3 Å². The van der Waals surface area contributed by atoms with E-state index >= 15 is 0 Å². The molecular formula is C16H23F2NO. The molecule has 112 valence electrons. The summed E-state index contributed by atoms with van der Waals surface area (Å²) < 4.78 is 33.5. The van der Waals surface area contributed by atoms with Crippen molar-refractivity contribution in [2.45, 2.75) is 64.8 Å². The summed E-state index contributed by atoms with van der Waals surface area (Å²) in [5.74, 6) is -1.01. The van der Waals surface area contributed by atoms with Gasteiger partial charge in [0.1, 0.15) is 11.6 Å². The molecule has 1 N–H and O–H groups in total. The van der Waals surface area contributed by atoms with E-state index in [1.54, 1.807) is 13.0 Å². The van der Waals surface area contributed by atoms with E-state index < -0.39 is 11.6 Å². The molecule has 0 saturated carbocycles. The zero-order chi connectivity index (χ0) is 14.9. The van der Waals surface area contributed by atoms with Crippen LogP contribution in [0.3, 0.4) is 0 Å². The quantitative estimate of drug-likeness (QED) is 0.905. The minimum Gasteiger partial charge on any atom is -0.373 e. The normalized spacial score (nSPS) is 24.4. The summed E-state index contributed by atoms with van der Waals surface area (Å²) >= 11 is 0. The van der Waals surface area contributed by atoms with Crippen LogP contribution >= 0.6 is 0 Å². The molecule has 0 amide bonds. The fourth-order valence-electron chi connectivity index (χ4n) is 2.75. The van der Waals surface area contributed by atoms with Gasteiger partial charge >= 0.3 is 0 Å². The molecule has 1 aromatic carbocycles. The summed E-state index contributed by atoms with van der Waals surface area (Å²) in [5.41, 5.74) is 0.958. The second kappa shape index (κ2) is 6.19. The molecule has 1 heterocycles. The van der Waals surface area contributed by atoms with Crippen molar-refractivity contribution in [3.05, 3.63) is 34.9 Å². The van der Waals surface area contributed by atoms with Crippen molar-refractivity contribution in [3.8, 4) is 0 Å². The Hall–Kier alpha value is -1.00. The van der Waals surface area contributed by atoms with Crippen LogP contribution in [-0.2, 0) is 4.74 Å². The standard InChI is InChI=1S/C16H23F2NO/c1-9(2)19-16(15-6-5-11(4)20-15)12-7-10(3)13(17)8-14(12)18/h7-9,11,15-16,19H,5-6H2,1-4H3. The molecule has 0 aliphatic carbocycles. The molecule has 1 saturated heterocycles. The molecule has 2 rings (SSSR count). The molecule has 1 aliphatic rings. The molecule has 2 nitrogen and oxygen atoms in total. The Balaban J connectivity index is 2.33. The average molecular weight is 283 g/mol. The van der Waals surface area contributed by atoms with E-state index in [1.807, 2.05) is 20.8 Å². The van der Waals surface area contributed by atoms with Crippen LogP contribution in [0.4, 0.5) is 8.78 Å². The van der Waals surface area contributed by atoms with Crippen LogP contribution in [0.1, 0.15) is 50.8 Å². The first kappa shape index (κ1) is 15.4. The molecule has 1 aromatic rings. The number of hydrogen-bond acceptors (Lipinski definition) is 2. The predicted molar refractivity (Wildman–Crippen MR) is 75.7 cm³/mol. The lowest BCUT2D eigenvalue weighted by molar-refractivity contribution is 0.0288. The van der Waals surface area contributed by atoms with Gasteiger partial charge in [0.05, 0.1) is 18.2 Å². The molecular weight excluding hydrogens is 260 g/mol. The molecule has 0 spiro atoms. The number of ether oxygens (including phenoxy) is 1. The van der Waals surface area contributed by atoms with E-state index in [0.29, 0.717) is 11.1 Å². The molecule has 3 atom stereocenters. The van der Waals surface area contributed by atoms with E-state index in [1.165, 1.54) is 0 Å². The molecule has 1 fully saturated rings. The maximum atomic E-state index is 14.1. The number of benzene rings is 1. The number of hydrogen-bond donors (Lipinski definition) is 1. The highest BCUT2D eigenvalue weighted by molar-refractivity contribution is 5.29. The maximum absolute atomic E-state index is 14.1.